The van der Waals surface area contributed by atoms with Crippen molar-refractivity contribution in [3.63, 3.8) is 0 Å². The summed E-state index contributed by atoms with van der Waals surface area (Å²) < 4.78 is 23.3. The third kappa shape index (κ3) is 6.00. The number of aromatic nitrogens is 3. The Kier molecular flexibility index (Phi) is 7.72. The maximum atomic E-state index is 14.8. The highest BCUT2D eigenvalue weighted by atomic mass is 32.1. The van der Waals surface area contributed by atoms with Gasteiger partial charge < -0.3 is 35.1 Å². The molecule has 0 spiro atoms. The molecule has 3 amide bonds. The summed E-state index contributed by atoms with van der Waals surface area (Å²) in [5.41, 5.74) is 1.67. The van der Waals surface area contributed by atoms with E-state index in [0.717, 1.165) is 17.7 Å². The number of halogens is 1. The van der Waals surface area contributed by atoms with Gasteiger partial charge in [0, 0.05) is 43.7 Å². The van der Waals surface area contributed by atoms with Crippen LogP contribution in [0.15, 0.2) is 42.7 Å². The van der Waals surface area contributed by atoms with Gasteiger partial charge in [-0.3, -0.25) is 9.78 Å². The minimum absolute atomic E-state index is 0.00223. The highest BCUT2D eigenvalue weighted by molar-refractivity contribution is 7.22. The molecule has 1 aliphatic carbocycles. The van der Waals surface area contributed by atoms with E-state index < -0.39 is 18.3 Å². The molecule has 11 nitrogen and oxygen atoms in total. The number of urea groups is 1. The van der Waals surface area contributed by atoms with Crippen LogP contribution in [0.2, 0.25) is 0 Å². The Labute approximate surface area is 226 Å². The Hall–Kier alpha value is -4.07. The van der Waals surface area contributed by atoms with Crippen molar-refractivity contribution in [3.8, 4) is 22.2 Å². The van der Waals surface area contributed by atoms with Crippen molar-refractivity contribution in [1.29, 1.82) is 0 Å². The first-order chi connectivity index (χ1) is 18.9. The summed E-state index contributed by atoms with van der Waals surface area (Å²) in [5.74, 6) is -0.0657. The van der Waals surface area contributed by atoms with Crippen molar-refractivity contribution < 1.29 is 28.9 Å². The molecule has 1 aromatic carbocycles. The van der Waals surface area contributed by atoms with Crippen LogP contribution in [0, 0.1) is 5.82 Å². The lowest BCUT2D eigenvalue weighted by atomic mass is 10.3. The highest BCUT2D eigenvalue weighted by Crippen LogP contribution is 2.39. The number of aliphatic hydroxyl groups is 2. The van der Waals surface area contributed by atoms with Crippen LogP contribution in [0.4, 0.5) is 14.9 Å². The topological polar surface area (TPSA) is 142 Å². The molecule has 204 valence electrons. The summed E-state index contributed by atoms with van der Waals surface area (Å²) in [6.07, 6.45) is 5.11. The van der Waals surface area contributed by atoms with Crippen LogP contribution in [-0.2, 0) is 18.4 Å². The van der Waals surface area contributed by atoms with E-state index in [0.29, 0.717) is 33.2 Å². The zero-order valence-electron chi connectivity index (χ0n) is 21.1. The zero-order chi connectivity index (χ0) is 27.5. The lowest BCUT2D eigenvalue weighted by Gasteiger charge is -2.20. The number of hydrogen-bond acceptors (Lipinski definition) is 8. The molecular formula is C26H27FN6O5S. The number of imidazole rings is 1. The van der Waals surface area contributed by atoms with Gasteiger partial charge in [-0.05, 0) is 31.0 Å². The van der Waals surface area contributed by atoms with Gasteiger partial charge in [-0.25, -0.2) is 14.2 Å². The second-order valence-electron chi connectivity index (χ2n) is 9.08. The number of carbonyl (C=O) groups is 2. The molecule has 0 bridgehead atoms. The molecule has 3 aromatic heterocycles. The Morgan fingerprint density at radius 2 is 2.03 bits per heavy atom. The number of amides is 3. The number of benzene rings is 1. The van der Waals surface area contributed by atoms with Gasteiger partial charge in [-0.2, -0.15) is 0 Å². The Balaban J connectivity index is 1.35. The predicted octanol–water partition coefficient (Wildman–Crippen LogP) is 3.23. The summed E-state index contributed by atoms with van der Waals surface area (Å²) in [5, 5.41) is 23.9. The van der Waals surface area contributed by atoms with Gasteiger partial charge in [0.2, 0.25) is 5.91 Å². The van der Waals surface area contributed by atoms with Crippen molar-refractivity contribution in [1.82, 2.24) is 24.8 Å². The number of fused-ring (bicyclic) bond motifs is 1. The van der Waals surface area contributed by atoms with E-state index in [1.54, 1.807) is 24.5 Å². The van der Waals surface area contributed by atoms with Gasteiger partial charge in [0.05, 0.1) is 40.1 Å². The second kappa shape index (κ2) is 11.4. The second-order valence-corrected chi connectivity index (χ2v) is 10.1. The molecule has 0 aliphatic heterocycles. The van der Waals surface area contributed by atoms with Gasteiger partial charge in [0.1, 0.15) is 18.2 Å². The minimum Gasteiger partial charge on any atom is -0.453 e. The maximum absolute atomic E-state index is 14.8. The van der Waals surface area contributed by atoms with Crippen LogP contribution < -0.4 is 15.4 Å². The fourth-order valence-electron chi connectivity index (χ4n) is 3.99. The van der Waals surface area contributed by atoms with Crippen LogP contribution >= 0.6 is 11.3 Å². The SMILES string of the molecule is Cn1c(CN(CCO)C(=O)CO)cnc1-c1cc2nccc(Oc3ccc(NC(=O)NC4CC4)cc3F)c2s1. The average Bonchev–Trinajstić information content (AvgIpc) is 3.50. The van der Waals surface area contributed by atoms with Crippen molar-refractivity contribution in [2.24, 2.45) is 7.05 Å². The number of carbonyl (C=O) groups excluding carboxylic acids is 2. The van der Waals surface area contributed by atoms with Gasteiger partial charge in [-0.1, -0.05) is 0 Å². The Morgan fingerprint density at radius 3 is 2.74 bits per heavy atom. The summed E-state index contributed by atoms with van der Waals surface area (Å²) >= 11 is 1.37. The fraction of sp³-hybridized carbons (Fsp3) is 0.308. The standard InChI is InChI=1S/C26H27FN6O5S/c1-32-17(13-33(8-9-34)23(36)14-35)12-29-25(32)22-11-19-24(39-22)21(6-7-28-19)38-20-5-4-16(10-18(20)27)31-26(37)30-15-2-3-15/h4-7,10-12,15,34-35H,2-3,8-9,13-14H2,1H3,(H2,30,31,37). The third-order valence-corrected chi connectivity index (χ3v) is 7.35. The van der Waals surface area contributed by atoms with Crippen LogP contribution in [-0.4, -0.2) is 67.4 Å². The highest BCUT2D eigenvalue weighted by Gasteiger charge is 2.23. The van der Waals surface area contributed by atoms with E-state index >= 15 is 0 Å². The molecule has 39 heavy (non-hydrogen) atoms. The molecule has 3 heterocycles. The third-order valence-electron chi connectivity index (χ3n) is 6.21. The molecule has 4 aromatic rings. The smallest absolute Gasteiger partial charge is 0.319 e. The number of aliphatic hydroxyl groups excluding tert-OH is 2. The van der Waals surface area contributed by atoms with Gasteiger partial charge in [0.25, 0.3) is 0 Å². The van der Waals surface area contributed by atoms with Crippen molar-refractivity contribution in [3.05, 3.63) is 54.2 Å². The molecule has 1 saturated carbocycles. The number of nitrogens with one attached hydrogen (secondary N) is 2. The number of hydrogen-bond donors (Lipinski definition) is 4. The van der Waals surface area contributed by atoms with E-state index in [4.69, 9.17) is 4.74 Å². The molecule has 0 unspecified atom stereocenters. The van der Waals surface area contributed by atoms with Crippen LogP contribution in [0.25, 0.3) is 20.9 Å². The normalized spacial score (nSPS) is 12.9. The molecule has 4 N–H and O–H groups in total. The quantitative estimate of drug-likeness (QED) is 0.236. The summed E-state index contributed by atoms with van der Waals surface area (Å²) in [6, 6.07) is 7.55. The number of nitrogens with zero attached hydrogens (tertiary/aromatic N) is 4. The summed E-state index contributed by atoms with van der Waals surface area (Å²) in [4.78, 5) is 35.0. The van der Waals surface area contributed by atoms with E-state index in [1.807, 2.05) is 17.7 Å². The number of pyridine rings is 1. The van der Waals surface area contributed by atoms with Crippen LogP contribution in [0.5, 0.6) is 11.5 Å². The van der Waals surface area contributed by atoms with Crippen LogP contribution in [0.1, 0.15) is 18.5 Å². The van der Waals surface area contributed by atoms with Gasteiger partial charge >= 0.3 is 6.03 Å². The number of rotatable bonds is 10. The first kappa shape index (κ1) is 26.5. The zero-order valence-corrected chi connectivity index (χ0v) is 21.9. The Morgan fingerprint density at radius 1 is 1.21 bits per heavy atom. The van der Waals surface area contributed by atoms with Crippen molar-refractivity contribution >= 4 is 39.2 Å². The molecule has 5 rings (SSSR count). The molecule has 1 fully saturated rings. The monoisotopic (exact) mass is 554 g/mol. The fourth-order valence-corrected chi connectivity index (χ4v) is 5.09. The molecule has 0 radical (unpaired) electrons. The van der Waals surface area contributed by atoms with Gasteiger partial charge in [0.15, 0.2) is 11.6 Å². The minimum atomic E-state index is -0.648. The largest absolute Gasteiger partial charge is 0.453 e. The van der Waals surface area contributed by atoms with E-state index in [9.17, 15) is 24.2 Å². The first-order valence-corrected chi connectivity index (χ1v) is 13.1. The maximum Gasteiger partial charge on any atom is 0.319 e. The van der Waals surface area contributed by atoms with E-state index in [1.165, 1.54) is 28.4 Å². The average molecular weight is 555 g/mol. The number of ether oxygens (including phenoxy) is 1. The lowest BCUT2D eigenvalue weighted by molar-refractivity contribution is -0.135. The molecule has 1 aliphatic rings. The molecular weight excluding hydrogens is 527 g/mol. The number of anilines is 1. The van der Waals surface area contributed by atoms with Crippen LogP contribution in [0.3, 0.4) is 0 Å². The molecule has 0 saturated heterocycles. The van der Waals surface area contributed by atoms with E-state index in [2.05, 4.69) is 20.6 Å². The molecule has 0 atom stereocenters. The van der Waals surface area contributed by atoms with Crippen molar-refractivity contribution in [2.75, 3.05) is 25.1 Å². The van der Waals surface area contributed by atoms with Crippen molar-refractivity contribution in [2.45, 2.75) is 25.4 Å². The van der Waals surface area contributed by atoms with Gasteiger partial charge in [-0.15, -0.1) is 11.3 Å². The summed E-state index contributed by atoms with van der Waals surface area (Å²) in [7, 11) is 1.81. The lowest BCUT2D eigenvalue weighted by Crippen LogP contribution is -2.35. The predicted molar refractivity (Wildman–Crippen MR) is 143 cm³/mol. The van der Waals surface area contributed by atoms with E-state index in [-0.39, 0.29) is 37.5 Å². The summed E-state index contributed by atoms with van der Waals surface area (Å²) in [6.45, 7) is -0.607. The Bertz CT molecular complexity index is 1520. The first-order valence-electron chi connectivity index (χ1n) is 12.3. The number of thiophene rings is 1. The molecule has 13 heteroatoms.